The summed E-state index contributed by atoms with van der Waals surface area (Å²) in [6.45, 7) is 6.57. The van der Waals surface area contributed by atoms with E-state index in [4.69, 9.17) is 9.84 Å². The van der Waals surface area contributed by atoms with Crippen molar-refractivity contribution in [2.75, 3.05) is 13.1 Å². The first-order valence-electron chi connectivity index (χ1n) is 6.76. The van der Waals surface area contributed by atoms with Crippen LogP contribution in [0.1, 0.15) is 45.5 Å². The maximum Gasteiger partial charge on any atom is 0.410 e. The standard InChI is InChI=1S/C12H21N5O3/c1-12(2,3)20-11(19)16-6-4-9(5-7-16)17-14-10(8-18)13-15-17/h9,18H,4-8H2,1-3H3. The molecule has 1 saturated heterocycles. The number of aliphatic hydroxyl groups is 1. The number of hydrogen-bond donors (Lipinski definition) is 1. The normalized spacial score (nSPS) is 17.3. The lowest BCUT2D eigenvalue weighted by Crippen LogP contribution is -2.42. The lowest BCUT2D eigenvalue weighted by atomic mass is 10.1. The summed E-state index contributed by atoms with van der Waals surface area (Å²) in [4.78, 5) is 15.2. The average molecular weight is 283 g/mol. The van der Waals surface area contributed by atoms with Crippen LogP contribution >= 0.6 is 0 Å². The minimum absolute atomic E-state index is 0.112. The van der Waals surface area contributed by atoms with Crippen LogP contribution in [0.25, 0.3) is 0 Å². The second-order valence-corrected chi connectivity index (χ2v) is 5.88. The highest BCUT2D eigenvalue weighted by atomic mass is 16.6. The van der Waals surface area contributed by atoms with Crippen molar-refractivity contribution in [2.45, 2.75) is 51.9 Å². The van der Waals surface area contributed by atoms with Gasteiger partial charge in [0.05, 0.1) is 6.04 Å². The zero-order valence-corrected chi connectivity index (χ0v) is 12.1. The molecule has 112 valence electrons. The lowest BCUT2D eigenvalue weighted by molar-refractivity contribution is 0.0179. The largest absolute Gasteiger partial charge is 0.444 e. The van der Waals surface area contributed by atoms with E-state index in [9.17, 15) is 4.79 Å². The maximum absolute atomic E-state index is 11.9. The van der Waals surface area contributed by atoms with Crippen molar-refractivity contribution in [3.05, 3.63) is 5.82 Å². The van der Waals surface area contributed by atoms with E-state index < -0.39 is 5.60 Å². The summed E-state index contributed by atoms with van der Waals surface area (Å²) in [5.74, 6) is 0.319. The second kappa shape index (κ2) is 5.74. The van der Waals surface area contributed by atoms with Crippen molar-refractivity contribution in [2.24, 2.45) is 0 Å². The molecule has 0 saturated carbocycles. The Balaban J connectivity index is 1.87. The molecule has 0 aromatic carbocycles. The molecule has 1 aliphatic rings. The van der Waals surface area contributed by atoms with Crippen molar-refractivity contribution in [3.63, 3.8) is 0 Å². The molecule has 1 aromatic heterocycles. The number of tetrazole rings is 1. The number of likely N-dealkylation sites (tertiary alicyclic amines) is 1. The van der Waals surface area contributed by atoms with Gasteiger partial charge in [0.25, 0.3) is 0 Å². The van der Waals surface area contributed by atoms with Gasteiger partial charge in [0, 0.05) is 13.1 Å². The van der Waals surface area contributed by atoms with Crippen molar-refractivity contribution in [3.8, 4) is 0 Å². The predicted octanol–water partition coefficient (Wildman–Crippen LogP) is 0.737. The minimum atomic E-state index is -0.475. The van der Waals surface area contributed by atoms with Crippen LogP contribution < -0.4 is 0 Å². The summed E-state index contributed by atoms with van der Waals surface area (Å²) in [6.07, 6.45) is 1.22. The monoisotopic (exact) mass is 283 g/mol. The summed E-state index contributed by atoms with van der Waals surface area (Å²) in [6, 6.07) is 0.112. The van der Waals surface area contributed by atoms with Crippen LogP contribution in [0.5, 0.6) is 0 Å². The van der Waals surface area contributed by atoms with Gasteiger partial charge in [-0.2, -0.15) is 4.80 Å². The number of piperidine rings is 1. The highest BCUT2D eigenvalue weighted by molar-refractivity contribution is 5.68. The number of carbonyl (C=O) groups excluding carboxylic acids is 1. The fraction of sp³-hybridized carbons (Fsp3) is 0.833. The minimum Gasteiger partial charge on any atom is -0.444 e. The molecule has 8 nitrogen and oxygen atoms in total. The summed E-state index contributed by atoms with van der Waals surface area (Å²) in [5.41, 5.74) is -0.475. The molecule has 1 aliphatic heterocycles. The average Bonchev–Trinajstić information content (AvgIpc) is 2.85. The predicted molar refractivity (Wildman–Crippen MR) is 69.8 cm³/mol. The van der Waals surface area contributed by atoms with Gasteiger partial charge in [-0.05, 0) is 38.8 Å². The highest BCUT2D eigenvalue weighted by Gasteiger charge is 2.28. The summed E-state index contributed by atoms with van der Waals surface area (Å²) >= 11 is 0. The number of rotatable bonds is 2. The Morgan fingerprint density at radius 2 is 2.05 bits per heavy atom. The van der Waals surface area contributed by atoms with E-state index in [1.165, 1.54) is 4.80 Å². The third kappa shape index (κ3) is 3.66. The molecule has 0 unspecified atom stereocenters. The van der Waals surface area contributed by atoms with E-state index in [0.29, 0.717) is 18.9 Å². The first kappa shape index (κ1) is 14.7. The molecule has 0 radical (unpaired) electrons. The molecule has 2 rings (SSSR count). The van der Waals surface area contributed by atoms with Crippen LogP contribution in [0.15, 0.2) is 0 Å². The Hall–Kier alpha value is -1.70. The fourth-order valence-electron chi connectivity index (χ4n) is 2.08. The van der Waals surface area contributed by atoms with Gasteiger partial charge < -0.3 is 14.7 Å². The summed E-state index contributed by atoms with van der Waals surface area (Å²) in [7, 11) is 0. The molecule has 0 aliphatic carbocycles. The Morgan fingerprint density at radius 1 is 1.40 bits per heavy atom. The van der Waals surface area contributed by atoms with Gasteiger partial charge in [0.2, 0.25) is 0 Å². The van der Waals surface area contributed by atoms with Gasteiger partial charge in [-0.25, -0.2) is 4.79 Å². The lowest BCUT2D eigenvalue weighted by Gasteiger charge is -2.32. The molecule has 2 heterocycles. The zero-order chi connectivity index (χ0) is 14.8. The molecule has 0 bridgehead atoms. The molecule has 20 heavy (non-hydrogen) atoms. The van der Waals surface area contributed by atoms with Gasteiger partial charge in [-0.3, -0.25) is 0 Å². The molecule has 1 fully saturated rings. The van der Waals surface area contributed by atoms with Gasteiger partial charge in [-0.15, -0.1) is 10.2 Å². The number of nitrogens with zero attached hydrogens (tertiary/aromatic N) is 5. The van der Waals surface area contributed by atoms with Gasteiger partial charge in [0.1, 0.15) is 12.2 Å². The van der Waals surface area contributed by atoms with Gasteiger partial charge in [0.15, 0.2) is 5.82 Å². The van der Waals surface area contributed by atoms with E-state index in [2.05, 4.69) is 15.4 Å². The number of ether oxygens (including phenoxy) is 1. The number of aliphatic hydroxyl groups excluding tert-OH is 1. The van der Waals surface area contributed by atoms with Crippen LogP contribution in [0, 0.1) is 0 Å². The number of carbonyl (C=O) groups is 1. The Morgan fingerprint density at radius 3 is 2.55 bits per heavy atom. The third-order valence-electron chi connectivity index (χ3n) is 3.05. The van der Waals surface area contributed by atoms with E-state index >= 15 is 0 Å². The zero-order valence-electron chi connectivity index (χ0n) is 12.1. The molecular weight excluding hydrogens is 262 g/mol. The first-order chi connectivity index (χ1) is 9.39. The number of amides is 1. The number of hydrogen-bond acceptors (Lipinski definition) is 6. The van der Waals surface area contributed by atoms with E-state index in [-0.39, 0.29) is 18.7 Å². The molecule has 1 amide bonds. The van der Waals surface area contributed by atoms with E-state index in [1.807, 2.05) is 20.8 Å². The van der Waals surface area contributed by atoms with Crippen molar-refractivity contribution >= 4 is 6.09 Å². The summed E-state index contributed by atoms with van der Waals surface area (Å²) in [5, 5.41) is 20.7. The van der Waals surface area contributed by atoms with Crippen LogP contribution in [0.2, 0.25) is 0 Å². The van der Waals surface area contributed by atoms with E-state index in [1.54, 1.807) is 4.90 Å². The molecule has 1 aromatic rings. The molecule has 0 atom stereocenters. The Labute approximate surface area is 117 Å². The van der Waals surface area contributed by atoms with Crippen molar-refractivity contribution in [1.29, 1.82) is 0 Å². The number of aromatic nitrogens is 4. The SMILES string of the molecule is CC(C)(C)OC(=O)N1CCC(n2nnc(CO)n2)CC1. The second-order valence-electron chi connectivity index (χ2n) is 5.88. The maximum atomic E-state index is 11.9. The first-order valence-corrected chi connectivity index (χ1v) is 6.76. The van der Waals surface area contributed by atoms with Crippen molar-refractivity contribution in [1.82, 2.24) is 25.1 Å². The van der Waals surface area contributed by atoms with Gasteiger partial charge >= 0.3 is 6.09 Å². The molecule has 1 N–H and O–H groups in total. The third-order valence-corrected chi connectivity index (χ3v) is 3.05. The Bertz CT molecular complexity index is 460. The van der Waals surface area contributed by atoms with Crippen LogP contribution in [-0.4, -0.2) is 55.0 Å². The van der Waals surface area contributed by atoms with Crippen LogP contribution in [0.4, 0.5) is 4.79 Å². The topological polar surface area (TPSA) is 93.4 Å². The van der Waals surface area contributed by atoms with Crippen molar-refractivity contribution < 1.29 is 14.6 Å². The fourth-order valence-corrected chi connectivity index (χ4v) is 2.08. The smallest absolute Gasteiger partial charge is 0.410 e. The van der Waals surface area contributed by atoms with E-state index in [0.717, 1.165) is 12.8 Å². The van der Waals surface area contributed by atoms with Gasteiger partial charge in [-0.1, -0.05) is 0 Å². The molecular formula is C12H21N5O3. The highest BCUT2D eigenvalue weighted by Crippen LogP contribution is 2.22. The van der Waals surface area contributed by atoms with Crippen LogP contribution in [-0.2, 0) is 11.3 Å². The quantitative estimate of drug-likeness (QED) is 0.860. The Kier molecular flexibility index (Phi) is 4.22. The molecule has 0 spiro atoms. The summed E-state index contributed by atoms with van der Waals surface area (Å²) < 4.78 is 5.34. The molecule has 8 heteroatoms. The van der Waals surface area contributed by atoms with Crippen LogP contribution in [0.3, 0.4) is 0 Å².